The molecule has 1 N–H and O–H groups in total. The average Bonchev–Trinajstić information content (AvgIpc) is 2.64. The Kier molecular flexibility index (Phi) is 6.85. The van der Waals surface area contributed by atoms with Gasteiger partial charge < -0.3 is 15.0 Å². The van der Waals surface area contributed by atoms with E-state index in [1.54, 1.807) is 13.1 Å². The second kappa shape index (κ2) is 9.33. The zero-order valence-corrected chi connectivity index (χ0v) is 15.0. The predicted molar refractivity (Wildman–Crippen MR) is 101 cm³/mol. The maximum Gasteiger partial charge on any atom is 0.193 e. The molecule has 2 aromatic rings. The lowest BCUT2D eigenvalue weighted by molar-refractivity contribution is 0.280. The normalized spacial score (nSPS) is 10.9. The van der Waals surface area contributed by atoms with E-state index in [0.29, 0.717) is 25.3 Å². The molecule has 0 saturated carbocycles. The molecule has 25 heavy (non-hydrogen) atoms. The first-order valence-electron chi connectivity index (χ1n) is 8.23. The number of aliphatic imine (C=N–C) groups is 1. The number of hydrogen-bond acceptors (Lipinski definition) is 3. The van der Waals surface area contributed by atoms with Gasteiger partial charge in [0.15, 0.2) is 5.96 Å². The molecule has 0 spiro atoms. The van der Waals surface area contributed by atoms with Gasteiger partial charge in [-0.3, -0.25) is 4.99 Å². The van der Waals surface area contributed by atoms with E-state index in [1.165, 1.54) is 0 Å². The number of rotatable bonds is 6. The number of hydrogen-bond donors (Lipinski definition) is 1. The van der Waals surface area contributed by atoms with Gasteiger partial charge in [-0.2, -0.15) is 5.26 Å². The molecule has 0 heterocycles. The smallest absolute Gasteiger partial charge is 0.193 e. The summed E-state index contributed by atoms with van der Waals surface area (Å²) in [5.41, 5.74) is 2.84. The summed E-state index contributed by atoms with van der Waals surface area (Å²) in [5, 5.41) is 12.3. The molecule has 0 aliphatic carbocycles. The number of nitrogens with one attached hydrogen (secondary N) is 1. The van der Waals surface area contributed by atoms with Gasteiger partial charge in [0.25, 0.3) is 0 Å². The molecular formula is C20H24N4O. The van der Waals surface area contributed by atoms with Crippen molar-refractivity contribution in [2.75, 3.05) is 27.2 Å². The number of guanidine groups is 1. The number of nitrogens with zero attached hydrogens (tertiary/aromatic N) is 3. The molecule has 2 aromatic carbocycles. The number of ether oxygens (including phenoxy) is 1. The van der Waals surface area contributed by atoms with Crippen molar-refractivity contribution in [2.45, 2.75) is 13.5 Å². The lowest BCUT2D eigenvalue weighted by Crippen LogP contribution is -2.40. The molecule has 0 radical (unpaired) electrons. The van der Waals surface area contributed by atoms with Crippen molar-refractivity contribution in [3.05, 3.63) is 65.2 Å². The van der Waals surface area contributed by atoms with Gasteiger partial charge in [0.1, 0.15) is 12.4 Å². The van der Waals surface area contributed by atoms with Crippen molar-refractivity contribution in [3.63, 3.8) is 0 Å². The number of likely N-dealkylation sites (N-methyl/N-ethyl adjacent to an activating group) is 1. The average molecular weight is 336 g/mol. The maximum atomic E-state index is 8.97. The first-order chi connectivity index (χ1) is 12.1. The molecule has 0 aliphatic heterocycles. The SMILES string of the molecule is CN=C(NCc1cccc(C#N)c1)N(C)CCOc1ccccc1C. The highest BCUT2D eigenvalue weighted by Crippen LogP contribution is 2.15. The highest BCUT2D eigenvalue weighted by molar-refractivity contribution is 5.79. The van der Waals surface area contributed by atoms with Gasteiger partial charge in [-0.1, -0.05) is 30.3 Å². The second-order valence-electron chi connectivity index (χ2n) is 5.75. The van der Waals surface area contributed by atoms with E-state index in [2.05, 4.69) is 16.4 Å². The van der Waals surface area contributed by atoms with E-state index in [9.17, 15) is 0 Å². The molecular weight excluding hydrogens is 312 g/mol. The van der Waals surface area contributed by atoms with Crippen LogP contribution < -0.4 is 10.1 Å². The van der Waals surface area contributed by atoms with Gasteiger partial charge in [0, 0.05) is 20.6 Å². The van der Waals surface area contributed by atoms with E-state index >= 15 is 0 Å². The van der Waals surface area contributed by atoms with Crippen LogP contribution in [0.1, 0.15) is 16.7 Å². The van der Waals surface area contributed by atoms with Crippen LogP contribution in [0.25, 0.3) is 0 Å². The van der Waals surface area contributed by atoms with Crippen molar-refractivity contribution in [3.8, 4) is 11.8 Å². The van der Waals surface area contributed by atoms with Crippen LogP contribution in [-0.4, -0.2) is 38.1 Å². The summed E-state index contributed by atoms with van der Waals surface area (Å²) in [6.45, 7) is 3.94. The van der Waals surface area contributed by atoms with Crippen LogP contribution in [0.2, 0.25) is 0 Å². The fraction of sp³-hybridized carbons (Fsp3) is 0.300. The quantitative estimate of drug-likeness (QED) is 0.651. The van der Waals surface area contributed by atoms with Crippen molar-refractivity contribution < 1.29 is 4.74 Å². The van der Waals surface area contributed by atoms with Crippen molar-refractivity contribution >= 4 is 5.96 Å². The van der Waals surface area contributed by atoms with Gasteiger partial charge in [0.2, 0.25) is 0 Å². The van der Waals surface area contributed by atoms with Gasteiger partial charge in [-0.05, 0) is 36.2 Å². The minimum atomic E-state index is 0.575. The first-order valence-corrected chi connectivity index (χ1v) is 8.23. The van der Waals surface area contributed by atoms with E-state index in [0.717, 1.165) is 22.8 Å². The minimum absolute atomic E-state index is 0.575. The van der Waals surface area contributed by atoms with Crippen LogP contribution in [0.3, 0.4) is 0 Å². The Morgan fingerprint density at radius 1 is 1.24 bits per heavy atom. The molecule has 0 atom stereocenters. The number of nitriles is 1. The lowest BCUT2D eigenvalue weighted by atomic mass is 10.1. The van der Waals surface area contributed by atoms with Crippen molar-refractivity contribution in [1.82, 2.24) is 10.2 Å². The molecule has 0 unspecified atom stereocenters. The zero-order valence-electron chi connectivity index (χ0n) is 15.0. The van der Waals surface area contributed by atoms with E-state index in [1.807, 2.05) is 61.3 Å². The molecule has 0 fully saturated rings. The summed E-state index contributed by atoms with van der Waals surface area (Å²) >= 11 is 0. The lowest BCUT2D eigenvalue weighted by Gasteiger charge is -2.22. The van der Waals surface area contributed by atoms with Crippen LogP contribution in [0, 0.1) is 18.3 Å². The topological polar surface area (TPSA) is 60.7 Å². The Bertz CT molecular complexity index is 764. The summed E-state index contributed by atoms with van der Waals surface area (Å²) in [4.78, 5) is 6.32. The molecule has 0 aromatic heterocycles. The number of para-hydroxylation sites is 1. The zero-order chi connectivity index (χ0) is 18.1. The highest BCUT2D eigenvalue weighted by Gasteiger charge is 2.07. The summed E-state index contributed by atoms with van der Waals surface area (Å²) in [5.74, 6) is 1.70. The molecule has 2 rings (SSSR count). The Morgan fingerprint density at radius 2 is 2.04 bits per heavy atom. The Morgan fingerprint density at radius 3 is 2.76 bits per heavy atom. The molecule has 5 nitrogen and oxygen atoms in total. The fourth-order valence-corrected chi connectivity index (χ4v) is 2.43. The number of aryl methyl sites for hydroxylation is 1. The third-order valence-electron chi connectivity index (χ3n) is 3.86. The van der Waals surface area contributed by atoms with Crippen LogP contribution >= 0.6 is 0 Å². The van der Waals surface area contributed by atoms with Gasteiger partial charge in [-0.25, -0.2) is 0 Å². The fourth-order valence-electron chi connectivity index (χ4n) is 2.43. The standard InChI is InChI=1S/C20H24N4O/c1-16-7-4-5-10-19(16)25-12-11-24(3)20(22-2)23-15-18-9-6-8-17(13-18)14-21/h4-10,13H,11-12,15H2,1-3H3,(H,22,23). The maximum absolute atomic E-state index is 8.97. The van der Waals surface area contributed by atoms with Crippen LogP contribution in [0.15, 0.2) is 53.5 Å². The second-order valence-corrected chi connectivity index (χ2v) is 5.75. The molecule has 0 saturated heterocycles. The predicted octanol–water partition coefficient (Wildman–Crippen LogP) is 2.95. The van der Waals surface area contributed by atoms with Gasteiger partial charge >= 0.3 is 0 Å². The van der Waals surface area contributed by atoms with Crippen LogP contribution in [-0.2, 0) is 6.54 Å². The third kappa shape index (κ3) is 5.54. The van der Waals surface area contributed by atoms with E-state index < -0.39 is 0 Å². The molecule has 5 heteroatoms. The van der Waals surface area contributed by atoms with Crippen LogP contribution in [0.4, 0.5) is 0 Å². The van der Waals surface area contributed by atoms with Crippen LogP contribution in [0.5, 0.6) is 5.75 Å². The van der Waals surface area contributed by atoms with E-state index in [4.69, 9.17) is 10.00 Å². The van der Waals surface area contributed by atoms with Gasteiger partial charge in [0.05, 0.1) is 18.2 Å². The van der Waals surface area contributed by atoms with Crippen molar-refractivity contribution in [2.24, 2.45) is 4.99 Å². The largest absolute Gasteiger partial charge is 0.491 e. The first kappa shape index (κ1) is 18.3. The van der Waals surface area contributed by atoms with E-state index in [-0.39, 0.29) is 0 Å². The molecule has 130 valence electrons. The highest BCUT2D eigenvalue weighted by atomic mass is 16.5. The summed E-state index contributed by atoms with van der Waals surface area (Å²) < 4.78 is 5.83. The Balaban J connectivity index is 1.83. The third-order valence-corrected chi connectivity index (χ3v) is 3.86. The molecule has 0 aliphatic rings. The van der Waals surface area contributed by atoms with Gasteiger partial charge in [-0.15, -0.1) is 0 Å². The Labute approximate surface area is 149 Å². The molecule has 0 bridgehead atoms. The monoisotopic (exact) mass is 336 g/mol. The summed E-state index contributed by atoms with van der Waals surface area (Å²) in [6, 6.07) is 17.7. The minimum Gasteiger partial charge on any atom is -0.491 e. The molecule has 0 amide bonds. The van der Waals surface area contributed by atoms with Crippen molar-refractivity contribution in [1.29, 1.82) is 5.26 Å². The Hall–Kier alpha value is -3.00. The summed E-state index contributed by atoms with van der Waals surface area (Å²) in [7, 11) is 3.73. The number of benzene rings is 2. The summed E-state index contributed by atoms with van der Waals surface area (Å²) in [6.07, 6.45) is 0.